The molecule has 2 aliphatic rings. The molecular weight excluding hydrogens is 240 g/mol. The molecule has 0 unspecified atom stereocenters. The molecule has 0 bridgehead atoms. The van der Waals surface area contributed by atoms with Gasteiger partial charge in [-0.2, -0.15) is 0 Å². The van der Waals surface area contributed by atoms with E-state index in [4.69, 9.17) is 4.74 Å². The van der Waals surface area contributed by atoms with Crippen LogP contribution in [0.5, 0.6) is 0 Å². The van der Waals surface area contributed by atoms with E-state index in [1.807, 2.05) is 0 Å². The second kappa shape index (κ2) is 6.13. The highest BCUT2D eigenvalue weighted by molar-refractivity contribution is 7.91. The van der Waals surface area contributed by atoms with Gasteiger partial charge in [0.2, 0.25) is 0 Å². The molecule has 1 atom stereocenters. The van der Waals surface area contributed by atoms with E-state index in [0.717, 1.165) is 52.2 Å². The van der Waals surface area contributed by atoms with Crippen LogP contribution < -0.4 is 5.32 Å². The lowest BCUT2D eigenvalue weighted by Crippen LogP contribution is -2.38. The first-order valence-electron chi connectivity index (χ1n) is 6.40. The van der Waals surface area contributed by atoms with E-state index in [1.54, 1.807) is 0 Å². The molecule has 100 valence electrons. The van der Waals surface area contributed by atoms with Crippen LogP contribution >= 0.6 is 0 Å². The highest BCUT2D eigenvalue weighted by Gasteiger charge is 2.26. The summed E-state index contributed by atoms with van der Waals surface area (Å²) in [6.07, 6.45) is 1.86. The Bertz CT molecular complexity index is 326. The normalized spacial score (nSPS) is 29.5. The van der Waals surface area contributed by atoms with Gasteiger partial charge in [0.1, 0.15) is 0 Å². The van der Waals surface area contributed by atoms with Crippen molar-refractivity contribution in [2.75, 3.05) is 50.9 Å². The van der Waals surface area contributed by atoms with Crippen molar-refractivity contribution < 1.29 is 13.2 Å². The fourth-order valence-electron chi connectivity index (χ4n) is 2.39. The summed E-state index contributed by atoms with van der Waals surface area (Å²) in [5.74, 6) is 0.679. The van der Waals surface area contributed by atoms with E-state index in [-0.39, 0.29) is 6.04 Å². The summed E-state index contributed by atoms with van der Waals surface area (Å²) in [5, 5.41) is 3.34. The van der Waals surface area contributed by atoms with Crippen molar-refractivity contribution in [1.82, 2.24) is 10.2 Å². The summed E-state index contributed by atoms with van der Waals surface area (Å²) >= 11 is 0. The molecule has 0 radical (unpaired) electrons. The van der Waals surface area contributed by atoms with Crippen LogP contribution in [0.25, 0.3) is 0 Å². The predicted molar refractivity (Wildman–Crippen MR) is 66.9 cm³/mol. The van der Waals surface area contributed by atoms with E-state index < -0.39 is 9.84 Å². The Labute approximate surface area is 103 Å². The average Bonchev–Trinajstić information content (AvgIpc) is 2.66. The number of nitrogens with one attached hydrogen (secondary N) is 1. The third-order valence-electron chi connectivity index (χ3n) is 3.42. The number of hydrogen-bond donors (Lipinski definition) is 1. The standard InChI is InChI=1S/C11H22N2O3S/c14-17(15)9-2-11(10-17)12-3-1-4-13-5-7-16-8-6-13/h11-12H,1-10H2/t11-/m1/s1. The molecule has 0 spiro atoms. The van der Waals surface area contributed by atoms with Gasteiger partial charge in [-0.15, -0.1) is 0 Å². The van der Waals surface area contributed by atoms with Crippen molar-refractivity contribution in [1.29, 1.82) is 0 Å². The van der Waals surface area contributed by atoms with E-state index >= 15 is 0 Å². The molecule has 2 fully saturated rings. The second-order valence-corrected chi connectivity index (χ2v) is 7.09. The molecule has 0 aromatic carbocycles. The third-order valence-corrected chi connectivity index (χ3v) is 5.19. The minimum absolute atomic E-state index is 0.185. The maximum Gasteiger partial charge on any atom is 0.151 e. The fourth-order valence-corrected chi connectivity index (χ4v) is 4.10. The number of sulfone groups is 1. The minimum atomic E-state index is -2.74. The first kappa shape index (κ1) is 13.3. The van der Waals surface area contributed by atoms with Gasteiger partial charge in [-0.05, 0) is 25.9 Å². The van der Waals surface area contributed by atoms with E-state index in [9.17, 15) is 8.42 Å². The lowest BCUT2D eigenvalue weighted by molar-refractivity contribution is 0.0374. The predicted octanol–water partition coefficient (Wildman–Crippen LogP) is -0.515. The molecule has 0 aromatic rings. The Morgan fingerprint density at radius 1 is 1.29 bits per heavy atom. The number of rotatable bonds is 5. The van der Waals surface area contributed by atoms with Gasteiger partial charge in [-0.1, -0.05) is 0 Å². The molecule has 6 heteroatoms. The van der Waals surface area contributed by atoms with Gasteiger partial charge in [0.05, 0.1) is 24.7 Å². The Balaban J connectivity index is 1.54. The van der Waals surface area contributed by atoms with Crippen molar-refractivity contribution in [3.63, 3.8) is 0 Å². The van der Waals surface area contributed by atoms with Crippen molar-refractivity contribution in [3.8, 4) is 0 Å². The molecular formula is C11H22N2O3S. The van der Waals surface area contributed by atoms with Crippen LogP contribution in [0, 0.1) is 0 Å². The van der Waals surface area contributed by atoms with Gasteiger partial charge in [-0.3, -0.25) is 4.90 Å². The molecule has 0 aliphatic carbocycles. The number of ether oxygens (including phenoxy) is 1. The van der Waals surface area contributed by atoms with E-state index in [2.05, 4.69) is 10.2 Å². The monoisotopic (exact) mass is 262 g/mol. The maximum absolute atomic E-state index is 11.3. The van der Waals surface area contributed by atoms with Crippen LogP contribution in [0.2, 0.25) is 0 Å². The highest BCUT2D eigenvalue weighted by Crippen LogP contribution is 2.11. The maximum atomic E-state index is 11.3. The molecule has 2 aliphatic heterocycles. The zero-order chi connectivity index (χ0) is 12.1. The Morgan fingerprint density at radius 2 is 2.06 bits per heavy atom. The van der Waals surface area contributed by atoms with Crippen LogP contribution in [0.15, 0.2) is 0 Å². The molecule has 0 saturated carbocycles. The van der Waals surface area contributed by atoms with Crippen LogP contribution in [0.3, 0.4) is 0 Å². The molecule has 5 nitrogen and oxygen atoms in total. The van der Waals surface area contributed by atoms with Crippen molar-refractivity contribution >= 4 is 9.84 Å². The molecule has 2 rings (SSSR count). The Hall–Kier alpha value is -0.170. The average molecular weight is 262 g/mol. The van der Waals surface area contributed by atoms with Gasteiger partial charge in [-0.25, -0.2) is 8.42 Å². The smallest absolute Gasteiger partial charge is 0.151 e. The zero-order valence-electron chi connectivity index (χ0n) is 10.2. The van der Waals surface area contributed by atoms with Gasteiger partial charge in [0.25, 0.3) is 0 Å². The molecule has 2 saturated heterocycles. The largest absolute Gasteiger partial charge is 0.379 e. The lowest BCUT2D eigenvalue weighted by atomic mass is 10.2. The van der Waals surface area contributed by atoms with Crippen LogP contribution in [0.4, 0.5) is 0 Å². The van der Waals surface area contributed by atoms with Crippen LogP contribution in [-0.4, -0.2) is 70.3 Å². The summed E-state index contributed by atoms with van der Waals surface area (Å²) in [5.41, 5.74) is 0. The quantitative estimate of drug-likeness (QED) is 0.676. The van der Waals surface area contributed by atoms with Crippen LogP contribution in [0.1, 0.15) is 12.8 Å². The molecule has 0 aromatic heterocycles. The minimum Gasteiger partial charge on any atom is -0.379 e. The Morgan fingerprint density at radius 3 is 2.71 bits per heavy atom. The molecule has 17 heavy (non-hydrogen) atoms. The van der Waals surface area contributed by atoms with Gasteiger partial charge in [0.15, 0.2) is 9.84 Å². The zero-order valence-corrected chi connectivity index (χ0v) is 11.0. The van der Waals surface area contributed by atoms with E-state index in [1.165, 1.54) is 0 Å². The first-order chi connectivity index (χ1) is 8.16. The van der Waals surface area contributed by atoms with Crippen molar-refractivity contribution in [2.24, 2.45) is 0 Å². The van der Waals surface area contributed by atoms with Gasteiger partial charge >= 0.3 is 0 Å². The topological polar surface area (TPSA) is 58.6 Å². The number of morpholine rings is 1. The fraction of sp³-hybridized carbons (Fsp3) is 1.00. The van der Waals surface area contributed by atoms with E-state index in [0.29, 0.717) is 11.5 Å². The second-order valence-electron chi connectivity index (χ2n) is 4.86. The molecule has 2 heterocycles. The van der Waals surface area contributed by atoms with Gasteiger partial charge < -0.3 is 10.1 Å². The van der Waals surface area contributed by atoms with Gasteiger partial charge in [0, 0.05) is 19.1 Å². The summed E-state index contributed by atoms with van der Waals surface area (Å²) in [6, 6.07) is 0.185. The van der Waals surface area contributed by atoms with Crippen molar-refractivity contribution in [3.05, 3.63) is 0 Å². The molecule has 1 N–H and O–H groups in total. The first-order valence-corrected chi connectivity index (χ1v) is 8.22. The summed E-state index contributed by atoms with van der Waals surface area (Å²) in [7, 11) is -2.74. The number of hydrogen-bond acceptors (Lipinski definition) is 5. The highest BCUT2D eigenvalue weighted by atomic mass is 32.2. The molecule has 0 amide bonds. The summed E-state index contributed by atoms with van der Waals surface area (Å²) < 4.78 is 27.8. The summed E-state index contributed by atoms with van der Waals surface area (Å²) in [4.78, 5) is 2.40. The number of nitrogens with zero attached hydrogens (tertiary/aromatic N) is 1. The lowest BCUT2D eigenvalue weighted by Gasteiger charge is -2.26. The van der Waals surface area contributed by atoms with Crippen molar-refractivity contribution in [2.45, 2.75) is 18.9 Å². The Kier molecular flexibility index (Phi) is 4.78. The SMILES string of the molecule is O=S1(=O)CC[C@@H](NCCCN2CCOCC2)C1. The third kappa shape index (κ3) is 4.54. The van der Waals surface area contributed by atoms with Crippen LogP contribution in [-0.2, 0) is 14.6 Å². The summed E-state index contributed by atoms with van der Waals surface area (Å²) in [6.45, 7) is 5.73.